The first-order valence-corrected chi connectivity index (χ1v) is 9.63. The van der Waals surface area contributed by atoms with Gasteiger partial charge in [0.1, 0.15) is 12.2 Å². The summed E-state index contributed by atoms with van der Waals surface area (Å²) in [6.45, 7) is 16.9. The summed E-state index contributed by atoms with van der Waals surface area (Å²) in [5.74, 6) is 0. The summed E-state index contributed by atoms with van der Waals surface area (Å²) in [6, 6.07) is 0. The lowest BCUT2D eigenvalue weighted by Crippen LogP contribution is -2.40. The Labute approximate surface area is 148 Å². The molecule has 1 rings (SSSR count). The molecule has 0 aromatic rings. The Morgan fingerprint density at radius 1 is 1.04 bits per heavy atom. The minimum atomic E-state index is -1.11. The normalized spacial score (nSPS) is 28.8. The van der Waals surface area contributed by atoms with Gasteiger partial charge in [0.2, 0.25) is 0 Å². The average Bonchev–Trinajstić information content (AvgIpc) is 2.74. The summed E-state index contributed by atoms with van der Waals surface area (Å²) in [5, 5.41) is 0. The molecule has 24 heavy (non-hydrogen) atoms. The lowest BCUT2D eigenvalue weighted by atomic mass is 9.80. The fourth-order valence-electron chi connectivity index (χ4n) is 3.71. The standard InChI is InChI=1S/C20H39FO3/c1-9-11-19(5,6)18-16(21)17(23-14(3)4)15(24-18)13-22-20(7,8)12-10-2/h14-18H,9-13H2,1-8H3. The first-order valence-electron chi connectivity index (χ1n) is 9.63. The summed E-state index contributed by atoms with van der Waals surface area (Å²) in [6.07, 6.45) is 1.49. The number of halogens is 1. The quantitative estimate of drug-likeness (QED) is 0.537. The zero-order valence-electron chi connectivity index (χ0n) is 17.0. The average molecular weight is 347 g/mol. The molecule has 1 aliphatic heterocycles. The molecule has 0 aliphatic carbocycles. The largest absolute Gasteiger partial charge is 0.373 e. The van der Waals surface area contributed by atoms with Crippen molar-refractivity contribution in [3.05, 3.63) is 0 Å². The predicted molar refractivity (Wildman–Crippen MR) is 97.2 cm³/mol. The van der Waals surface area contributed by atoms with E-state index < -0.39 is 18.4 Å². The summed E-state index contributed by atoms with van der Waals surface area (Å²) in [4.78, 5) is 0. The van der Waals surface area contributed by atoms with Crippen molar-refractivity contribution in [2.45, 2.75) is 117 Å². The van der Waals surface area contributed by atoms with Gasteiger partial charge in [-0.25, -0.2) is 4.39 Å². The predicted octanol–water partition coefficient (Wildman–Crippen LogP) is 5.31. The molecular formula is C20H39FO3. The van der Waals surface area contributed by atoms with E-state index in [0.29, 0.717) is 6.61 Å². The summed E-state index contributed by atoms with van der Waals surface area (Å²) in [7, 11) is 0. The number of alkyl halides is 1. The first-order chi connectivity index (χ1) is 11.0. The molecule has 3 nitrogen and oxygen atoms in total. The van der Waals surface area contributed by atoms with E-state index in [0.717, 1.165) is 25.7 Å². The molecule has 1 aliphatic rings. The van der Waals surface area contributed by atoms with Crippen LogP contribution in [0.3, 0.4) is 0 Å². The van der Waals surface area contributed by atoms with E-state index in [1.165, 1.54) is 0 Å². The molecule has 0 aromatic heterocycles. The topological polar surface area (TPSA) is 27.7 Å². The number of hydrogen-bond donors (Lipinski definition) is 0. The number of rotatable bonds is 10. The molecule has 0 bridgehead atoms. The molecule has 0 N–H and O–H groups in total. The van der Waals surface area contributed by atoms with Crippen molar-refractivity contribution in [2.24, 2.45) is 5.41 Å². The number of ether oxygens (including phenoxy) is 3. The van der Waals surface area contributed by atoms with Crippen molar-refractivity contribution in [2.75, 3.05) is 6.61 Å². The zero-order chi connectivity index (χ0) is 18.5. The van der Waals surface area contributed by atoms with E-state index in [1.807, 2.05) is 13.8 Å². The van der Waals surface area contributed by atoms with Gasteiger partial charge in [-0.05, 0) is 46.0 Å². The van der Waals surface area contributed by atoms with Gasteiger partial charge in [0.05, 0.1) is 24.4 Å². The minimum absolute atomic E-state index is 0.0314. The van der Waals surface area contributed by atoms with E-state index in [1.54, 1.807) is 0 Å². The van der Waals surface area contributed by atoms with Crippen LogP contribution in [-0.2, 0) is 14.2 Å². The molecule has 4 heteroatoms. The van der Waals surface area contributed by atoms with Crippen molar-refractivity contribution in [3.8, 4) is 0 Å². The van der Waals surface area contributed by atoms with Gasteiger partial charge < -0.3 is 14.2 Å². The van der Waals surface area contributed by atoms with Gasteiger partial charge in [0, 0.05) is 0 Å². The summed E-state index contributed by atoms with van der Waals surface area (Å²) in [5.41, 5.74) is -0.427. The van der Waals surface area contributed by atoms with Gasteiger partial charge in [0.25, 0.3) is 0 Å². The molecule has 144 valence electrons. The van der Waals surface area contributed by atoms with Crippen LogP contribution in [0.25, 0.3) is 0 Å². The highest BCUT2D eigenvalue weighted by atomic mass is 19.1. The molecule has 0 radical (unpaired) electrons. The van der Waals surface area contributed by atoms with Gasteiger partial charge in [-0.1, -0.05) is 40.5 Å². The van der Waals surface area contributed by atoms with Crippen LogP contribution < -0.4 is 0 Å². The van der Waals surface area contributed by atoms with Crippen LogP contribution in [0.1, 0.15) is 81.1 Å². The summed E-state index contributed by atoms with van der Waals surface area (Å²) >= 11 is 0. The maximum atomic E-state index is 15.1. The fraction of sp³-hybridized carbons (Fsp3) is 1.00. The van der Waals surface area contributed by atoms with Crippen LogP contribution >= 0.6 is 0 Å². The SMILES string of the molecule is CCCC(C)(C)OCC1OC(C(C)(C)CCC)C(F)C1OC(C)C. The maximum absolute atomic E-state index is 15.1. The Bertz CT molecular complexity index is 368. The second-order valence-electron chi connectivity index (χ2n) is 8.75. The second-order valence-corrected chi connectivity index (χ2v) is 8.75. The van der Waals surface area contributed by atoms with E-state index in [9.17, 15) is 0 Å². The smallest absolute Gasteiger partial charge is 0.155 e. The third-order valence-electron chi connectivity index (χ3n) is 4.88. The zero-order valence-corrected chi connectivity index (χ0v) is 17.0. The van der Waals surface area contributed by atoms with Crippen LogP contribution in [0.2, 0.25) is 0 Å². The number of hydrogen-bond acceptors (Lipinski definition) is 3. The van der Waals surface area contributed by atoms with Crippen LogP contribution in [0, 0.1) is 5.41 Å². The van der Waals surface area contributed by atoms with Crippen molar-refractivity contribution in [1.82, 2.24) is 0 Å². The van der Waals surface area contributed by atoms with Gasteiger partial charge in [-0.3, -0.25) is 0 Å². The van der Waals surface area contributed by atoms with Crippen LogP contribution in [-0.4, -0.2) is 42.8 Å². The highest BCUT2D eigenvalue weighted by Crippen LogP contribution is 2.41. The van der Waals surface area contributed by atoms with Gasteiger partial charge >= 0.3 is 0 Å². The molecule has 1 fully saturated rings. The molecule has 1 heterocycles. The fourth-order valence-corrected chi connectivity index (χ4v) is 3.71. The Hall–Kier alpha value is -0.190. The lowest BCUT2D eigenvalue weighted by Gasteiger charge is -2.32. The van der Waals surface area contributed by atoms with Crippen LogP contribution in [0.15, 0.2) is 0 Å². The molecule has 0 aromatic carbocycles. The lowest BCUT2D eigenvalue weighted by molar-refractivity contribution is -0.124. The van der Waals surface area contributed by atoms with Crippen LogP contribution in [0.5, 0.6) is 0 Å². The van der Waals surface area contributed by atoms with Gasteiger partial charge in [-0.2, -0.15) is 0 Å². The van der Waals surface area contributed by atoms with Gasteiger partial charge in [-0.15, -0.1) is 0 Å². The van der Waals surface area contributed by atoms with Crippen molar-refractivity contribution >= 4 is 0 Å². The third kappa shape index (κ3) is 5.96. The van der Waals surface area contributed by atoms with Crippen molar-refractivity contribution in [1.29, 1.82) is 0 Å². The van der Waals surface area contributed by atoms with Crippen molar-refractivity contribution in [3.63, 3.8) is 0 Å². The Kier molecular flexibility index (Phi) is 8.15. The summed E-state index contributed by atoms with van der Waals surface area (Å²) < 4.78 is 33.2. The molecule has 4 unspecified atom stereocenters. The maximum Gasteiger partial charge on any atom is 0.155 e. The monoisotopic (exact) mass is 346 g/mol. The molecule has 4 atom stereocenters. The van der Waals surface area contributed by atoms with Crippen molar-refractivity contribution < 1.29 is 18.6 Å². The van der Waals surface area contributed by atoms with Crippen LogP contribution in [0.4, 0.5) is 4.39 Å². The van der Waals surface area contributed by atoms with E-state index in [-0.39, 0.29) is 23.2 Å². The molecule has 0 spiro atoms. The molecule has 1 saturated heterocycles. The van der Waals surface area contributed by atoms with Gasteiger partial charge in [0.15, 0.2) is 6.17 Å². The Balaban J connectivity index is 2.83. The highest BCUT2D eigenvalue weighted by Gasteiger charge is 2.52. The van der Waals surface area contributed by atoms with E-state index >= 15 is 4.39 Å². The molecular weight excluding hydrogens is 307 g/mol. The Morgan fingerprint density at radius 2 is 1.62 bits per heavy atom. The van der Waals surface area contributed by atoms with E-state index in [4.69, 9.17) is 14.2 Å². The second kappa shape index (κ2) is 8.95. The highest BCUT2D eigenvalue weighted by molar-refractivity contribution is 4.99. The Morgan fingerprint density at radius 3 is 2.12 bits per heavy atom. The minimum Gasteiger partial charge on any atom is -0.373 e. The molecule has 0 amide bonds. The first kappa shape index (κ1) is 21.9. The third-order valence-corrected chi connectivity index (χ3v) is 4.88. The van der Waals surface area contributed by atoms with E-state index in [2.05, 4.69) is 41.5 Å². The molecule has 0 saturated carbocycles.